The standard InChI is InChI=1S/C15H26IN3O/c1-12(2,3)9-15(8,16)19(13(4,5)10-17)20-14(6,7)11-18/h9H2,1-8H3. The molecule has 0 fully saturated rings. The fourth-order valence-corrected chi connectivity index (χ4v) is 3.97. The maximum Gasteiger partial charge on any atom is 0.170 e. The number of halogens is 1. The van der Waals surface area contributed by atoms with Gasteiger partial charge in [-0.3, -0.25) is 4.84 Å². The molecule has 0 radical (unpaired) electrons. The van der Waals surface area contributed by atoms with Gasteiger partial charge in [0.25, 0.3) is 0 Å². The van der Waals surface area contributed by atoms with Crippen LogP contribution in [0.3, 0.4) is 0 Å². The molecule has 0 aromatic rings. The van der Waals surface area contributed by atoms with Gasteiger partial charge in [-0.25, -0.2) is 0 Å². The van der Waals surface area contributed by atoms with Crippen LogP contribution in [0.1, 0.15) is 61.8 Å². The molecule has 0 rings (SSSR count). The zero-order valence-electron chi connectivity index (χ0n) is 13.8. The van der Waals surface area contributed by atoms with Crippen molar-refractivity contribution in [2.45, 2.75) is 76.5 Å². The number of nitrogens with zero attached hydrogens (tertiary/aromatic N) is 3. The Balaban J connectivity index is 5.57. The van der Waals surface area contributed by atoms with Gasteiger partial charge in [-0.2, -0.15) is 15.6 Å². The summed E-state index contributed by atoms with van der Waals surface area (Å²) in [7, 11) is 0. The van der Waals surface area contributed by atoms with Crippen LogP contribution < -0.4 is 0 Å². The highest BCUT2D eigenvalue weighted by Crippen LogP contribution is 2.41. The van der Waals surface area contributed by atoms with E-state index >= 15 is 0 Å². The number of nitriles is 2. The molecule has 0 saturated carbocycles. The molecule has 1 unspecified atom stereocenters. The molecule has 0 aliphatic heterocycles. The average Bonchev–Trinajstić information content (AvgIpc) is 2.22. The molecule has 1 atom stereocenters. The summed E-state index contributed by atoms with van der Waals surface area (Å²) in [4.78, 5) is 5.90. The topological polar surface area (TPSA) is 60.0 Å². The molecule has 0 aliphatic rings. The van der Waals surface area contributed by atoms with Gasteiger partial charge in [0, 0.05) is 0 Å². The number of alkyl halides is 1. The van der Waals surface area contributed by atoms with E-state index in [-0.39, 0.29) is 5.41 Å². The molecule has 0 aliphatic carbocycles. The Morgan fingerprint density at radius 2 is 1.40 bits per heavy atom. The minimum atomic E-state index is -0.974. The summed E-state index contributed by atoms with van der Waals surface area (Å²) in [5.74, 6) is 0. The van der Waals surface area contributed by atoms with Gasteiger partial charge < -0.3 is 0 Å². The second-order valence-electron chi connectivity index (χ2n) is 7.56. The number of hydrogen-bond donors (Lipinski definition) is 0. The summed E-state index contributed by atoms with van der Waals surface area (Å²) in [6.07, 6.45) is 0.827. The average molecular weight is 391 g/mol. The van der Waals surface area contributed by atoms with Crippen molar-refractivity contribution in [2.24, 2.45) is 5.41 Å². The minimum absolute atomic E-state index is 0.0832. The molecule has 0 heterocycles. The highest BCUT2D eigenvalue weighted by atomic mass is 127. The molecule has 0 aromatic carbocycles. The maximum atomic E-state index is 9.44. The van der Waals surface area contributed by atoms with Gasteiger partial charge >= 0.3 is 0 Å². The Morgan fingerprint density at radius 3 is 1.70 bits per heavy atom. The molecule has 5 heteroatoms. The fraction of sp³-hybridized carbons (Fsp3) is 0.867. The van der Waals surface area contributed by atoms with E-state index < -0.39 is 14.7 Å². The van der Waals surface area contributed by atoms with E-state index in [9.17, 15) is 10.5 Å². The van der Waals surface area contributed by atoms with Crippen molar-refractivity contribution in [3.8, 4) is 12.1 Å². The quantitative estimate of drug-likeness (QED) is 0.301. The van der Waals surface area contributed by atoms with E-state index in [1.807, 2.05) is 6.92 Å². The van der Waals surface area contributed by atoms with Gasteiger partial charge in [-0.1, -0.05) is 43.4 Å². The van der Waals surface area contributed by atoms with Crippen molar-refractivity contribution >= 4 is 22.6 Å². The number of rotatable bonds is 5. The van der Waals surface area contributed by atoms with Gasteiger partial charge in [0.15, 0.2) is 5.60 Å². The van der Waals surface area contributed by atoms with Crippen LogP contribution in [0.5, 0.6) is 0 Å². The first kappa shape index (κ1) is 19.6. The highest BCUT2D eigenvalue weighted by molar-refractivity contribution is 14.1. The minimum Gasteiger partial charge on any atom is -0.275 e. The van der Waals surface area contributed by atoms with E-state index in [4.69, 9.17) is 4.84 Å². The largest absolute Gasteiger partial charge is 0.275 e. The third-order valence-corrected chi connectivity index (χ3v) is 3.47. The summed E-state index contributed by atoms with van der Waals surface area (Å²) in [5, 5.41) is 20.3. The maximum absolute atomic E-state index is 9.44. The molecule has 0 saturated heterocycles. The van der Waals surface area contributed by atoms with Crippen molar-refractivity contribution in [3.63, 3.8) is 0 Å². The molecule has 0 N–H and O–H groups in total. The van der Waals surface area contributed by atoms with Gasteiger partial charge in [-0.05, 0) is 46.5 Å². The molecular formula is C15H26IN3O. The molecule has 0 bridgehead atoms. The Hall–Kier alpha value is -0.370. The molecule has 20 heavy (non-hydrogen) atoms. The highest BCUT2D eigenvalue weighted by Gasteiger charge is 2.45. The number of hydrogen-bond acceptors (Lipinski definition) is 4. The summed E-state index contributed by atoms with van der Waals surface area (Å²) in [6.45, 7) is 15.5. The van der Waals surface area contributed by atoms with Crippen LogP contribution in [-0.4, -0.2) is 19.7 Å². The van der Waals surface area contributed by atoms with Gasteiger partial charge in [0.1, 0.15) is 5.54 Å². The first-order valence-corrected chi connectivity index (χ1v) is 7.76. The second-order valence-corrected chi connectivity index (χ2v) is 9.88. The molecule has 4 nitrogen and oxygen atoms in total. The van der Waals surface area contributed by atoms with E-state index in [0.29, 0.717) is 0 Å². The van der Waals surface area contributed by atoms with Crippen LogP contribution in [0.15, 0.2) is 0 Å². The third kappa shape index (κ3) is 5.95. The smallest absolute Gasteiger partial charge is 0.170 e. The van der Waals surface area contributed by atoms with Crippen molar-refractivity contribution in [3.05, 3.63) is 0 Å². The third-order valence-electron chi connectivity index (χ3n) is 2.65. The van der Waals surface area contributed by atoms with Crippen molar-refractivity contribution in [2.75, 3.05) is 0 Å². The molecule has 114 valence electrons. The van der Waals surface area contributed by atoms with Crippen LogP contribution in [-0.2, 0) is 4.84 Å². The first-order chi connectivity index (χ1) is 8.67. The molecular weight excluding hydrogens is 365 g/mol. The molecule has 0 spiro atoms. The number of hydroxylamine groups is 2. The van der Waals surface area contributed by atoms with E-state index in [2.05, 4.69) is 55.5 Å². The zero-order valence-corrected chi connectivity index (χ0v) is 16.0. The van der Waals surface area contributed by atoms with Gasteiger partial charge in [-0.15, -0.1) is 0 Å². The van der Waals surface area contributed by atoms with Crippen molar-refractivity contribution in [1.29, 1.82) is 10.5 Å². The SMILES string of the molecule is CC(C)(C)CC(C)(I)N(OC(C)(C)C#N)C(C)(C)C#N. The van der Waals surface area contributed by atoms with Gasteiger partial charge in [0.2, 0.25) is 0 Å². The molecule has 0 aromatic heterocycles. The predicted molar refractivity (Wildman–Crippen MR) is 88.8 cm³/mol. The Labute approximate surface area is 137 Å². The van der Waals surface area contributed by atoms with Crippen LogP contribution in [0.4, 0.5) is 0 Å². The van der Waals surface area contributed by atoms with E-state index in [0.717, 1.165) is 6.42 Å². The van der Waals surface area contributed by atoms with Crippen molar-refractivity contribution in [1.82, 2.24) is 5.06 Å². The molecule has 0 amide bonds. The second kappa shape index (κ2) is 6.17. The lowest BCUT2D eigenvalue weighted by molar-refractivity contribution is -0.274. The van der Waals surface area contributed by atoms with E-state index in [1.54, 1.807) is 32.8 Å². The Morgan fingerprint density at radius 1 is 0.950 bits per heavy atom. The van der Waals surface area contributed by atoms with Gasteiger partial charge in [0.05, 0.1) is 15.7 Å². The summed E-state index contributed by atoms with van der Waals surface area (Å²) >= 11 is 2.31. The van der Waals surface area contributed by atoms with Crippen LogP contribution in [0, 0.1) is 28.1 Å². The summed E-state index contributed by atoms with van der Waals surface area (Å²) in [6, 6.07) is 4.39. The Bertz CT molecular complexity index is 422. The summed E-state index contributed by atoms with van der Waals surface area (Å²) in [5.41, 5.74) is -1.71. The first-order valence-electron chi connectivity index (χ1n) is 6.68. The summed E-state index contributed by atoms with van der Waals surface area (Å²) < 4.78 is -0.399. The van der Waals surface area contributed by atoms with Crippen LogP contribution >= 0.6 is 22.6 Å². The van der Waals surface area contributed by atoms with Crippen molar-refractivity contribution < 1.29 is 4.84 Å². The predicted octanol–water partition coefficient (Wildman–Crippen LogP) is 4.41. The lowest BCUT2D eigenvalue weighted by Crippen LogP contribution is -2.57. The van der Waals surface area contributed by atoms with E-state index in [1.165, 1.54) is 0 Å². The lowest BCUT2D eigenvalue weighted by atomic mass is 9.87. The fourth-order valence-electron chi connectivity index (χ4n) is 2.13. The zero-order chi connectivity index (χ0) is 16.4. The Kier molecular flexibility index (Phi) is 6.06. The monoisotopic (exact) mass is 391 g/mol. The normalized spacial score (nSPS) is 16.4. The lowest BCUT2D eigenvalue weighted by Gasteiger charge is -2.46. The van der Waals surface area contributed by atoms with Crippen LogP contribution in [0.2, 0.25) is 0 Å². The van der Waals surface area contributed by atoms with Crippen LogP contribution in [0.25, 0.3) is 0 Å².